The highest BCUT2D eigenvalue weighted by Gasteiger charge is 2.12. The Labute approximate surface area is 99.5 Å². The van der Waals surface area contributed by atoms with Crippen molar-refractivity contribution in [2.24, 2.45) is 0 Å². The molecule has 3 nitrogen and oxygen atoms in total. The van der Waals surface area contributed by atoms with E-state index in [1.165, 1.54) is 12.1 Å². The van der Waals surface area contributed by atoms with Crippen molar-refractivity contribution in [2.45, 2.75) is 6.92 Å². The molecule has 0 heterocycles. The summed E-state index contributed by atoms with van der Waals surface area (Å²) in [5, 5.41) is 9.31. The second-order valence-electron chi connectivity index (χ2n) is 3.92. The number of phenols is 1. The van der Waals surface area contributed by atoms with Crippen LogP contribution in [0.4, 0.5) is 5.69 Å². The van der Waals surface area contributed by atoms with Gasteiger partial charge in [0.2, 0.25) is 0 Å². The molecule has 0 amide bonds. The fraction of sp³-hybridized carbons (Fsp3) is 0.0714. The SMILES string of the molecule is Cc1ccccc1C(=O)c1ccc(O)c(N)c1. The second-order valence-corrected chi connectivity index (χ2v) is 3.92. The number of hydrogen-bond acceptors (Lipinski definition) is 3. The van der Waals surface area contributed by atoms with Crippen LogP contribution in [0.2, 0.25) is 0 Å². The van der Waals surface area contributed by atoms with E-state index in [1.807, 2.05) is 25.1 Å². The number of ketones is 1. The van der Waals surface area contributed by atoms with Crippen LogP contribution in [0.1, 0.15) is 21.5 Å². The van der Waals surface area contributed by atoms with Crippen LogP contribution >= 0.6 is 0 Å². The number of benzene rings is 2. The Bertz CT molecular complexity index is 576. The minimum Gasteiger partial charge on any atom is -0.506 e. The maximum Gasteiger partial charge on any atom is 0.193 e. The summed E-state index contributed by atoms with van der Waals surface area (Å²) >= 11 is 0. The van der Waals surface area contributed by atoms with Gasteiger partial charge >= 0.3 is 0 Å². The zero-order chi connectivity index (χ0) is 12.4. The Morgan fingerprint density at radius 1 is 1.18 bits per heavy atom. The predicted octanol–water partition coefficient (Wildman–Crippen LogP) is 2.51. The van der Waals surface area contributed by atoms with Crippen molar-refractivity contribution < 1.29 is 9.90 Å². The molecule has 2 rings (SSSR count). The number of phenolic OH excluding ortho intramolecular Hbond substituents is 1. The molecule has 0 aromatic heterocycles. The number of rotatable bonds is 2. The van der Waals surface area contributed by atoms with Gasteiger partial charge < -0.3 is 10.8 Å². The molecule has 0 aliphatic carbocycles. The monoisotopic (exact) mass is 227 g/mol. The first kappa shape index (κ1) is 11.2. The minimum absolute atomic E-state index is 0.00802. The van der Waals surface area contributed by atoms with Gasteiger partial charge in [0, 0.05) is 11.1 Å². The highest BCUT2D eigenvalue weighted by atomic mass is 16.3. The van der Waals surface area contributed by atoms with E-state index in [9.17, 15) is 9.90 Å². The lowest BCUT2D eigenvalue weighted by Crippen LogP contribution is -2.04. The van der Waals surface area contributed by atoms with Gasteiger partial charge in [-0.1, -0.05) is 24.3 Å². The summed E-state index contributed by atoms with van der Waals surface area (Å²) in [6.07, 6.45) is 0. The molecule has 0 saturated carbocycles. The van der Waals surface area contributed by atoms with Gasteiger partial charge in [-0.2, -0.15) is 0 Å². The summed E-state index contributed by atoms with van der Waals surface area (Å²) in [5.74, 6) is -0.0962. The van der Waals surface area contributed by atoms with Crippen LogP contribution in [-0.4, -0.2) is 10.9 Å². The molecule has 2 aromatic carbocycles. The highest BCUT2D eigenvalue weighted by Crippen LogP contribution is 2.22. The molecule has 0 aliphatic rings. The fourth-order valence-electron chi connectivity index (χ4n) is 1.68. The highest BCUT2D eigenvalue weighted by molar-refractivity contribution is 6.10. The molecule has 2 aromatic rings. The van der Waals surface area contributed by atoms with Crippen molar-refractivity contribution in [3.8, 4) is 5.75 Å². The Balaban J connectivity index is 2.44. The van der Waals surface area contributed by atoms with Crippen LogP contribution in [0, 0.1) is 6.92 Å². The first-order valence-corrected chi connectivity index (χ1v) is 5.28. The Hall–Kier alpha value is -2.29. The summed E-state index contributed by atoms with van der Waals surface area (Å²) in [5.41, 5.74) is 7.84. The van der Waals surface area contributed by atoms with Crippen LogP contribution in [0.25, 0.3) is 0 Å². The van der Waals surface area contributed by atoms with Crippen LogP contribution in [0.3, 0.4) is 0 Å². The molecular formula is C14H13NO2. The molecule has 0 fully saturated rings. The van der Waals surface area contributed by atoms with E-state index in [-0.39, 0.29) is 17.2 Å². The van der Waals surface area contributed by atoms with Gasteiger partial charge in [0.1, 0.15) is 5.75 Å². The summed E-state index contributed by atoms with van der Waals surface area (Å²) in [6, 6.07) is 11.9. The summed E-state index contributed by atoms with van der Waals surface area (Å²) in [6.45, 7) is 1.89. The Morgan fingerprint density at radius 2 is 1.88 bits per heavy atom. The molecule has 3 heteroatoms. The van der Waals surface area contributed by atoms with E-state index < -0.39 is 0 Å². The van der Waals surface area contributed by atoms with Crippen LogP contribution in [0.5, 0.6) is 5.75 Å². The molecule has 0 unspecified atom stereocenters. The predicted molar refractivity (Wildman–Crippen MR) is 67.1 cm³/mol. The minimum atomic E-state index is -0.0881. The smallest absolute Gasteiger partial charge is 0.193 e. The van der Waals surface area contributed by atoms with E-state index in [0.717, 1.165) is 5.56 Å². The van der Waals surface area contributed by atoms with Crippen molar-refractivity contribution in [1.82, 2.24) is 0 Å². The van der Waals surface area contributed by atoms with Crippen molar-refractivity contribution in [1.29, 1.82) is 0 Å². The number of aryl methyl sites for hydroxylation is 1. The number of aromatic hydroxyl groups is 1. The van der Waals surface area contributed by atoms with Gasteiger partial charge in [-0.15, -0.1) is 0 Å². The number of hydrogen-bond donors (Lipinski definition) is 2. The largest absolute Gasteiger partial charge is 0.506 e. The van der Waals surface area contributed by atoms with Crippen molar-refractivity contribution in [3.05, 3.63) is 59.2 Å². The number of nitrogen functional groups attached to an aromatic ring is 1. The average molecular weight is 227 g/mol. The Kier molecular flexibility index (Phi) is 2.83. The third-order valence-electron chi connectivity index (χ3n) is 2.68. The maximum absolute atomic E-state index is 12.2. The normalized spacial score (nSPS) is 10.2. The van der Waals surface area contributed by atoms with Gasteiger partial charge in [0.25, 0.3) is 0 Å². The second kappa shape index (κ2) is 4.29. The molecule has 0 aliphatic heterocycles. The lowest BCUT2D eigenvalue weighted by molar-refractivity contribution is 0.103. The van der Waals surface area contributed by atoms with Gasteiger partial charge in [0.15, 0.2) is 5.78 Å². The van der Waals surface area contributed by atoms with Crippen molar-refractivity contribution in [2.75, 3.05) is 5.73 Å². The van der Waals surface area contributed by atoms with E-state index in [0.29, 0.717) is 11.1 Å². The molecule has 3 N–H and O–H groups in total. The van der Waals surface area contributed by atoms with Crippen LogP contribution in [0.15, 0.2) is 42.5 Å². The molecule has 0 saturated heterocycles. The van der Waals surface area contributed by atoms with E-state index in [4.69, 9.17) is 5.73 Å². The topological polar surface area (TPSA) is 63.3 Å². The van der Waals surface area contributed by atoms with Crippen LogP contribution < -0.4 is 5.73 Å². The van der Waals surface area contributed by atoms with E-state index in [2.05, 4.69) is 0 Å². The Morgan fingerprint density at radius 3 is 2.53 bits per heavy atom. The number of anilines is 1. The first-order valence-electron chi connectivity index (χ1n) is 5.28. The molecule has 0 spiro atoms. The number of carbonyl (C=O) groups excluding carboxylic acids is 1. The standard InChI is InChI=1S/C14H13NO2/c1-9-4-2-3-5-11(9)14(17)10-6-7-13(16)12(15)8-10/h2-8,16H,15H2,1H3. The molecule has 86 valence electrons. The zero-order valence-electron chi connectivity index (χ0n) is 9.47. The lowest BCUT2D eigenvalue weighted by atomic mass is 9.99. The third-order valence-corrected chi connectivity index (χ3v) is 2.68. The molecule has 0 bridgehead atoms. The van der Waals surface area contributed by atoms with Crippen LogP contribution in [-0.2, 0) is 0 Å². The number of carbonyl (C=O) groups is 1. The summed E-state index contributed by atoms with van der Waals surface area (Å²) in [4.78, 5) is 12.2. The average Bonchev–Trinajstić information content (AvgIpc) is 2.32. The molecule has 0 radical (unpaired) electrons. The van der Waals surface area contributed by atoms with E-state index >= 15 is 0 Å². The summed E-state index contributed by atoms with van der Waals surface area (Å²) in [7, 11) is 0. The van der Waals surface area contributed by atoms with Gasteiger partial charge in [0.05, 0.1) is 5.69 Å². The quantitative estimate of drug-likeness (QED) is 0.470. The summed E-state index contributed by atoms with van der Waals surface area (Å²) < 4.78 is 0. The lowest BCUT2D eigenvalue weighted by Gasteiger charge is -2.06. The van der Waals surface area contributed by atoms with Crippen molar-refractivity contribution in [3.63, 3.8) is 0 Å². The first-order chi connectivity index (χ1) is 8.09. The third kappa shape index (κ3) is 2.13. The van der Waals surface area contributed by atoms with Gasteiger partial charge in [-0.25, -0.2) is 0 Å². The van der Waals surface area contributed by atoms with E-state index in [1.54, 1.807) is 12.1 Å². The molecule has 0 atom stereocenters. The zero-order valence-corrected chi connectivity index (χ0v) is 9.47. The van der Waals surface area contributed by atoms with Gasteiger partial charge in [-0.05, 0) is 30.7 Å². The molecule has 17 heavy (non-hydrogen) atoms. The fourth-order valence-corrected chi connectivity index (χ4v) is 1.68. The molecular weight excluding hydrogens is 214 g/mol. The van der Waals surface area contributed by atoms with Crippen molar-refractivity contribution >= 4 is 11.5 Å². The van der Waals surface area contributed by atoms with Gasteiger partial charge in [-0.3, -0.25) is 4.79 Å². The maximum atomic E-state index is 12.2. The number of nitrogens with two attached hydrogens (primary N) is 1.